The van der Waals surface area contributed by atoms with Crippen LogP contribution >= 0.6 is 11.6 Å². The summed E-state index contributed by atoms with van der Waals surface area (Å²) >= 11 is 5.80. The molecule has 0 aliphatic heterocycles. The molecule has 0 spiro atoms. The second-order valence-electron chi connectivity index (χ2n) is 6.11. The molecule has 3 rings (SSSR count). The van der Waals surface area contributed by atoms with Crippen molar-refractivity contribution >= 4 is 17.5 Å². The molecule has 134 valence electrons. The highest BCUT2D eigenvalue weighted by Gasteiger charge is 2.14. The quantitative estimate of drug-likeness (QED) is 0.747. The molecule has 1 unspecified atom stereocenters. The molecule has 0 bridgehead atoms. The van der Waals surface area contributed by atoms with E-state index >= 15 is 0 Å². The summed E-state index contributed by atoms with van der Waals surface area (Å²) in [5.41, 5.74) is 3.01. The van der Waals surface area contributed by atoms with Crippen LogP contribution in [0.3, 0.4) is 0 Å². The number of nitrogens with one attached hydrogen (secondary N) is 1. The normalized spacial score (nSPS) is 12.0. The molecule has 1 N–H and O–H groups in total. The van der Waals surface area contributed by atoms with E-state index in [-0.39, 0.29) is 17.0 Å². The molecule has 0 aliphatic rings. The molecule has 26 heavy (non-hydrogen) atoms. The van der Waals surface area contributed by atoms with E-state index < -0.39 is 5.82 Å². The third kappa shape index (κ3) is 3.75. The maximum atomic E-state index is 13.3. The number of halogens is 2. The van der Waals surface area contributed by atoms with Crippen LogP contribution in [0.2, 0.25) is 5.02 Å². The lowest BCUT2D eigenvalue weighted by Gasteiger charge is -2.15. The third-order valence-electron chi connectivity index (χ3n) is 4.03. The first-order chi connectivity index (χ1) is 12.3. The fourth-order valence-electron chi connectivity index (χ4n) is 2.65. The fraction of sp³-hybridized carbons (Fsp3) is 0.211. The van der Waals surface area contributed by atoms with Crippen molar-refractivity contribution in [2.45, 2.75) is 26.8 Å². The number of carbonyl (C=O) groups is 1. The van der Waals surface area contributed by atoms with Gasteiger partial charge in [0, 0.05) is 11.9 Å². The summed E-state index contributed by atoms with van der Waals surface area (Å²) in [5.74, 6) is -0.117. The average molecular weight is 373 g/mol. The van der Waals surface area contributed by atoms with Gasteiger partial charge in [0.1, 0.15) is 5.82 Å². The van der Waals surface area contributed by atoms with E-state index in [0.29, 0.717) is 11.4 Å². The highest BCUT2D eigenvalue weighted by molar-refractivity contribution is 6.30. The molecular formula is C19H18ClFN4O. The summed E-state index contributed by atoms with van der Waals surface area (Å²) in [6, 6.07) is 9.45. The van der Waals surface area contributed by atoms with E-state index in [0.717, 1.165) is 17.0 Å². The molecule has 1 amide bonds. The summed E-state index contributed by atoms with van der Waals surface area (Å²) in [7, 11) is 0. The Hall–Kier alpha value is -2.73. The molecule has 7 heteroatoms. The Balaban J connectivity index is 1.73. The van der Waals surface area contributed by atoms with Crippen LogP contribution in [0.1, 0.15) is 40.3 Å². The van der Waals surface area contributed by atoms with Gasteiger partial charge in [-0.1, -0.05) is 17.7 Å². The highest BCUT2D eigenvalue weighted by Crippen LogP contribution is 2.21. The van der Waals surface area contributed by atoms with Crippen LogP contribution in [0.15, 0.2) is 42.6 Å². The van der Waals surface area contributed by atoms with E-state index in [1.807, 2.05) is 19.9 Å². The molecule has 5 nitrogen and oxygen atoms in total. The van der Waals surface area contributed by atoms with Gasteiger partial charge in [-0.05, 0) is 56.7 Å². The number of aryl methyl sites for hydroxylation is 2. The van der Waals surface area contributed by atoms with Gasteiger partial charge < -0.3 is 5.32 Å². The van der Waals surface area contributed by atoms with Crippen molar-refractivity contribution in [3.8, 4) is 5.82 Å². The second-order valence-corrected chi connectivity index (χ2v) is 6.52. The number of pyridine rings is 1. The molecule has 3 aromatic rings. The predicted octanol–water partition coefficient (Wildman–Crippen LogP) is 4.17. The zero-order valence-electron chi connectivity index (χ0n) is 14.6. The lowest BCUT2D eigenvalue weighted by molar-refractivity contribution is 0.0939. The van der Waals surface area contributed by atoms with Crippen LogP contribution in [0.4, 0.5) is 4.39 Å². The first kappa shape index (κ1) is 18.1. The van der Waals surface area contributed by atoms with E-state index in [9.17, 15) is 9.18 Å². The number of rotatable bonds is 4. The predicted molar refractivity (Wildman–Crippen MR) is 98.1 cm³/mol. The number of aromatic nitrogens is 3. The van der Waals surface area contributed by atoms with Crippen LogP contribution in [-0.4, -0.2) is 20.7 Å². The zero-order chi connectivity index (χ0) is 18.8. The van der Waals surface area contributed by atoms with Crippen LogP contribution in [-0.2, 0) is 0 Å². The van der Waals surface area contributed by atoms with Gasteiger partial charge in [0.05, 0.1) is 22.3 Å². The topological polar surface area (TPSA) is 59.8 Å². The third-order valence-corrected chi connectivity index (χ3v) is 4.32. The van der Waals surface area contributed by atoms with Gasteiger partial charge >= 0.3 is 0 Å². The smallest absolute Gasteiger partial charge is 0.253 e. The second kappa shape index (κ2) is 7.25. The van der Waals surface area contributed by atoms with Crippen molar-refractivity contribution in [2.24, 2.45) is 0 Å². The lowest BCUT2D eigenvalue weighted by Crippen LogP contribution is -2.26. The van der Waals surface area contributed by atoms with Gasteiger partial charge in [-0.3, -0.25) is 4.79 Å². The van der Waals surface area contributed by atoms with Crippen molar-refractivity contribution in [3.63, 3.8) is 0 Å². The molecule has 1 atom stereocenters. The number of hydrogen-bond donors (Lipinski definition) is 1. The number of carbonyl (C=O) groups excluding carboxylic acids is 1. The Morgan fingerprint density at radius 2 is 2.00 bits per heavy atom. The molecular weight excluding hydrogens is 355 g/mol. The van der Waals surface area contributed by atoms with Gasteiger partial charge in [-0.2, -0.15) is 5.10 Å². The number of hydrogen-bond acceptors (Lipinski definition) is 3. The minimum atomic E-state index is -0.488. The summed E-state index contributed by atoms with van der Waals surface area (Å²) < 4.78 is 15.0. The Morgan fingerprint density at radius 1 is 1.23 bits per heavy atom. The molecule has 2 heterocycles. The SMILES string of the molecule is Cc1cc(C)n(-c2ccc(C(=O)NC(C)c3ccc(F)c(Cl)c3)cn2)n1. The summed E-state index contributed by atoms with van der Waals surface area (Å²) in [6.07, 6.45) is 1.51. The monoisotopic (exact) mass is 372 g/mol. The van der Waals surface area contributed by atoms with Crippen LogP contribution in [0.25, 0.3) is 5.82 Å². The number of nitrogens with zero attached hydrogens (tertiary/aromatic N) is 3. The first-order valence-electron chi connectivity index (χ1n) is 8.10. The maximum Gasteiger partial charge on any atom is 0.253 e. The van der Waals surface area contributed by atoms with Crippen molar-refractivity contribution in [3.05, 3.63) is 75.9 Å². The van der Waals surface area contributed by atoms with E-state index in [4.69, 9.17) is 11.6 Å². The van der Waals surface area contributed by atoms with Crippen molar-refractivity contribution in [2.75, 3.05) is 0 Å². The Labute approximate surface area is 155 Å². The molecule has 1 aromatic carbocycles. The first-order valence-corrected chi connectivity index (χ1v) is 8.48. The van der Waals surface area contributed by atoms with E-state index in [2.05, 4.69) is 15.4 Å². The fourth-order valence-corrected chi connectivity index (χ4v) is 2.84. The largest absolute Gasteiger partial charge is 0.345 e. The summed E-state index contributed by atoms with van der Waals surface area (Å²) in [4.78, 5) is 16.7. The van der Waals surface area contributed by atoms with Gasteiger partial charge in [-0.25, -0.2) is 14.1 Å². The number of amides is 1. The van der Waals surface area contributed by atoms with Crippen LogP contribution in [0.5, 0.6) is 0 Å². The molecule has 0 saturated carbocycles. The van der Waals surface area contributed by atoms with Crippen LogP contribution < -0.4 is 5.32 Å². The van der Waals surface area contributed by atoms with Gasteiger partial charge in [0.25, 0.3) is 5.91 Å². The minimum Gasteiger partial charge on any atom is -0.345 e. The molecule has 0 radical (unpaired) electrons. The van der Waals surface area contributed by atoms with Gasteiger partial charge in [0.15, 0.2) is 5.82 Å². The van der Waals surface area contributed by atoms with Gasteiger partial charge in [0.2, 0.25) is 0 Å². The maximum absolute atomic E-state index is 13.3. The Morgan fingerprint density at radius 3 is 2.58 bits per heavy atom. The summed E-state index contributed by atoms with van der Waals surface area (Å²) in [5, 5.41) is 7.25. The highest BCUT2D eigenvalue weighted by atomic mass is 35.5. The average Bonchev–Trinajstić information content (AvgIpc) is 2.95. The van der Waals surface area contributed by atoms with Gasteiger partial charge in [-0.15, -0.1) is 0 Å². The molecule has 0 aliphatic carbocycles. The summed E-state index contributed by atoms with van der Waals surface area (Å²) in [6.45, 7) is 5.66. The van der Waals surface area contributed by atoms with Crippen molar-refractivity contribution in [1.29, 1.82) is 0 Å². The molecule has 2 aromatic heterocycles. The van der Waals surface area contributed by atoms with Crippen LogP contribution in [0, 0.1) is 19.7 Å². The zero-order valence-corrected chi connectivity index (χ0v) is 15.4. The van der Waals surface area contributed by atoms with Crippen molar-refractivity contribution in [1.82, 2.24) is 20.1 Å². The van der Waals surface area contributed by atoms with E-state index in [1.165, 1.54) is 18.3 Å². The van der Waals surface area contributed by atoms with E-state index in [1.54, 1.807) is 29.8 Å². The Bertz CT molecular complexity index is 953. The molecule has 0 fully saturated rings. The standard InChI is InChI=1S/C19H18ClFN4O/c1-11-8-12(2)25(24-11)18-7-5-15(10-22-18)19(26)23-13(3)14-4-6-17(21)16(20)9-14/h4-10,13H,1-3H3,(H,23,26). The van der Waals surface area contributed by atoms with Crippen molar-refractivity contribution < 1.29 is 9.18 Å². The minimum absolute atomic E-state index is 0.0273. The lowest BCUT2D eigenvalue weighted by atomic mass is 10.1. The molecule has 0 saturated heterocycles. The number of benzene rings is 1. The Kier molecular flexibility index (Phi) is 5.04.